The summed E-state index contributed by atoms with van der Waals surface area (Å²) in [5, 5.41) is 8.59. The minimum absolute atomic E-state index is 0.0644. The molecule has 1 aromatic carbocycles. The van der Waals surface area contributed by atoms with Crippen LogP contribution in [0, 0.1) is 0 Å². The zero-order chi connectivity index (χ0) is 17.8. The van der Waals surface area contributed by atoms with E-state index in [1.54, 1.807) is 13.1 Å². The Morgan fingerprint density at radius 3 is 2.52 bits per heavy atom. The van der Waals surface area contributed by atoms with E-state index in [0.717, 1.165) is 38.1 Å². The van der Waals surface area contributed by atoms with Crippen LogP contribution in [0.1, 0.15) is 5.69 Å². The predicted octanol–water partition coefficient (Wildman–Crippen LogP) is -0.160. The molecule has 0 bridgehead atoms. The number of carbonyl (C=O) groups excluding carboxylic acids is 1. The third-order valence-electron chi connectivity index (χ3n) is 4.71. The van der Waals surface area contributed by atoms with Crippen molar-refractivity contribution in [2.24, 2.45) is 7.05 Å². The van der Waals surface area contributed by atoms with E-state index in [-0.39, 0.29) is 17.9 Å². The van der Waals surface area contributed by atoms with Gasteiger partial charge < -0.3 is 10.2 Å². The van der Waals surface area contributed by atoms with Crippen LogP contribution in [0.3, 0.4) is 0 Å². The van der Waals surface area contributed by atoms with Crippen LogP contribution in [0.5, 0.6) is 0 Å². The van der Waals surface area contributed by atoms with Crippen molar-refractivity contribution in [2.45, 2.75) is 6.42 Å². The van der Waals surface area contributed by atoms with Gasteiger partial charge in [-0.2, -0.15) is 5.10 Å². The first kappa shape index (κ1) is 17.6. The van der Waals surface area contributed by atoms with Crippen LogP contribution in [0.2, 0.25) is 0 Å². The molecule has 1 aliphatic heterocycles. The highest BCUT2D eigenvalue weighted by atomic mass is 16.1. The fourth-order valence-corrected chi connectivity index (χ4v) is 3.15. The van der Waals surface area contributed by atoms with Crippen molar-refractivity contribution in [1.82, 2.24) is 24.9 Å². The number of likely N-dealkylation sites (N-methyl/N-ethyl adjacent to an activating group) is 1. The van der Waals surface area contributed by atoms with Gasteiger partial charge in [0.2, 0.25) is 5.91 Å². The predicted molar refractivity (Wildman–Crippen MR) is 97.6 cm³/mol. The number of nitrogens with zero attached hydrogens (tertiary/aromatic N) is 4. The van der Waals surface area contributed by atoms with E-state index in [4.69, 9.17) is 0 Å². The smallest absolute Gasteiger partial charge is 0.274 e. The SMILES string of the molecule is CN1CCN(CCNC(=O)Cc2nn(C)c(=O)c3ccccc23)CC1. The molecule has 1 saturated heterocycles. The number of benzene rings is 1. The van der Waals surface area contributed by atoms with Crippen molar-refractivity contribution in [3.05, 3.63) is 40.3 Å². The van der Waals surface area contributed by atoms with Crippen molar-refractivity contribution < 1.29 is 4.79 Å². The molecule has 1 fully saturated rings. The molecule has 3 rings (SSSR count). The summed E-state index contributed by atoms with van der Waals surface area (Å²) in [4.78, 5) is 29.1. The highest BCUT2D eigenvalue weighted by Gasteiger charge is 2.15. The molecule has 7 heteroatoms. The number of fused-ring (bicyclic) bond motifs is 1. The lowest BCUT2D eigenvalue weighted by atomic mass is 10.1. The van der Waals surface area contributed by atoms with Crippen LogP contribution < -0.4 is 10.9 Å². The molecule has 1 amide bonds. The third kappa shape index (κ3) is 4.24. The molecule has 0 saturated carbocycles. The van der Waals surface area contributed by atoms with E-state index in [2.05, 4.69) is 27.3 Å². The topological polar surface area (TPSA) is 70.5 Å². The molecule has 1 aromatic heterocycles. The first-order chi connectivity index (χ1) is 12.0. The summed E-state index contributed by atoms with van der Waals surface area (Å²) >= 11 is 0. The van der Waals surface area contributed by atoms with Crippen LogP contribution in [-0.4, -0.2) is 71.8 Å². The summed E-state index contributed by atoms with van der Waals surface area (Å²) in [7, 11) is 3.74. The molecule has 1 aliphatic rings. The summed E-state index contributed by atoms with van der Waals surface area (Å²) in [5.74, 6) is -0.0644. The monoisotopic (exact) mass is 343 g/mol. The molecule has 0 radical (unpaired) electrons. The van der Waals surface area contributed by atoms with Gasteiger partial charge in [-0.1, -0.05) is 18.2 Å². The second kappa shape index (κ2) is 7.76. The normalized spacial score (nSPS) is 16.2. The van der Waals surface area contributed by atoms with Crippen molar-refractivity contribution in [3.8, 4) is 0 Å². The maximum Gasteiger partial charge on any atom is 0.274 e. The Balaban J connectivity index is 1.59. The number of nitrogens with one attached hydrogen (secondary N) is 1. The number of carbonyl (C=O) groups is 1. The fraction of sp³-hybridized carbons (Fsp3) is 0.500. The number of aryl methyl sites for hydroxylation is 1. The lowest BCUT2D eigenvalue weighted by Crippen LogP contribution is -2.47. The van der Waals surface area contributed by atoms with Gasteiger partial charge in [0, 0.05) is 51.7 Å². The lowest BCUT2D eigenvalue weighted by Gasteiger charge is -2.32. The second-order valence-electron chi connectivity index (χ2n) is 6.59. The van der Waals surface area contributed by atoms with E-state index in [9.17, 15) is 9.59 Å². The first-order valence-corrected chi connectivity index (χ1v) is 8.67. The Morgan fingerprint density at radius 2 is 1.80 bits per heavy atom. The quantitative estimate of drug-likeness (QED) is 0.817. The number of hydrogen-bond acceptors (Lipinski definition) is 5. The van der Waals surface area contributed by atoms with Crippen molar-refractivity contribution >= 4 is 16.7 Å². The summed E-state index contributed by atoms with van der Waals surface area (Å²) in [6, 6.07) is 7.30. The van der Waals surface area contributed by atoms with E-state index >= 15 is 0 Å². The zero-order valence-corrected chi connectivity index (χ0v) is 14.9. The van der Waals surface area contributed by atoms with Gasteiger partial charge in [0.05, 0.1) is 17.5 Å². The van der Waals surface area contributed by atoms with Crippen molar-refractivity contribution in [1.29, 1.82) is 0 Å². The molecular weight excluding hydrogens is 318 g/mol. The molecule has 1 N–H and O–H groups in total. The van der Waals surface area contributed by atoms with Gasteiger partial charge in [-0.15, -0.1) is 0 Å². The van der Waals surface area contributed by atoms with Crippen LogP contribution in [0.25, 0.3) is 10.8 Å². The third-order valence-corrected chi connectivity index (χ3v) is 4.71. The molecule has 0 spiro atoms. The van der Waals surface area contributed by atoms with Gasteiger partial charge in [-0.25, -0.2) is 4.68 Å². The Morgan fingerprint density at radius 1 is 1.12 bits per heavy atom. The Kier molecular flexibility index (Phi) is 5.45. The van der Waals surface area contributed by atoms with E-state index in [0.29, 0.717) is 17.6 Å². The standard InChI is InChI=1S/C18H25N5O2/c1-21-9-11-23(12-10-21)8-7-19-17(24)13-16-14-5-3-4-6-15(14)18(25)22(2)20-16/h3-6H,7-13H2,1-2H3,(H,19,24). The Bertz CT molecular complexity index is 809. The molecule has 134 valence electrons. The minimum Gasteiger partial charge on any atom is -0.354 e. The van der Waals surface area contributed by atoms with Gasteiger partial charge >= 0.3 is 0 Å². The lowest BCUT2D eigenvalue weighted by molar-refractivity contribution is -0.120. The van der Waals surface area contributed by atoms with Gasteiger partial charge in [0.25, 0.3) is 5.56 Å². The van der Waals surface area contributed by atoms with Gasteiger partial charge in [0.1, 0.15) is 0 Å². The van der Waals surface area contributed by atoms with Crippen LogP contribution in [0.4, 0.5) is 0 Å². The molecule has 2 heterocycles. The molecule has 25 heavy (non-hydrogen) atoms. The highest BCUT2D eigenvalue weighted by molar-refractivity contribution is 5.88. The zero-order valence-electron chi connectivity index (χ0n) is 14.9. The highest BCUT2D eigenvalue weighted by Crippen LogP contribution is 2.13. The average molecular weight is 343 g/mol. The van der Waals surface area contributed by atoms with E-state index in [1.807, 2.05) is 18.2 Å². The molecular formula is C18H25N5O2. The Hall–Kier alpha value is -2.25. The van der Waals surface area contributed by atoms with Gasteiger partial charge in [-0.05, 0) is 13.1 Å². The fourth-order valence-electron chi connectivity index (χ4n) is 3.15. The van der Waals surface area contributed by atoms with Gasteiger partial charge in [-0.3, -0.25) is 14.5 Å². The molecule has 0 aliphatic carbocycles. The van der Waals surface area contributed by atoms with E-state index in [1.165, 1.54) is 4.68 Å². The van der Waals surface area contributed by atoms with E-state index < -0.39 is 0 Å². The minimum atomic E-state index is -0.144. The number of rotatable bonds is 5. The maximum absolute atomic E-state index is 12.3. The summed E-state index contributed by atoms with van der Waals surface area (Å²) in [6.45, 7) is 5.72. The van der Waals surface area contributed by atoms with Crippen LogP contribution in [0.15, 0.2) is 29.1 Å². The molecule has 7 nitrogen and oxygen atoms in total. The molecule has 2 aromatic rings. The summed E-state index contributed by atoms with van der Waals surface area (Å²) in [5.41, 5.74) is 0.490. The Labute approximate surface area is 147 Å². The number of piperazine rings is 1. The largest absolute Gasteiger partial charge is 0.354 e. The number of amides is 1. The van der Waals surface area contributed by atoms with Crippen LogP contribution >= 0.6 is 0 Å². The van der Waals surface area contributed by atoms with Crippen molar-refractivity contribution in [2.75, 3.05) is 46.3 Å². The summed E-state index contributed by atoms with van der Waals surface area (Å²) < 4.78 is 1.30. The maximum atomic E-state index is 12.3. The molecule has 0 unspecified atom stereocenters. The second-order valence-corrected chi connectivity index (χ2v) is 6.59. The molecule has 0 atom stereocenters. The van der Waals surface area contributed by atoms with Crippen LogP contribution in [-0.2, 0) is 18.3 Å². The first-order valence-electron chi connectivity index (χ1n) is 8.67. The summed E-state index contributed by atoms with van der Waals surface area (Å²) in [6.07, 6.45) is 0.178. The average Bonchev–Trinajstić information content (AvgIpc) is 2.61. The number of aromatic nitrogens is 2. The number of hydrogen-bond donors (Lipinski definition) is 1. The van der Waals surface area contributed by atoms with Gasteiger partial charge in [0.15, 0.2) is 0 Å². The van der Waals surface area contributed by atoms with Crippen molar-refractivity contribution in [3.63, 3.8) is 0 Å².